The van der Waals surface area contributed by atoms with E-state index in [1.54, 1.807) is 6.08 Å². The number of piperidine rings is 1. The molecule has 0 aromatic rings. The van der Waals surface area contributed by atoms with Crippen LogP contribution in [-0.4, -0.2) is 23.3 Å². The number of unbranched alkanes of at least 4 members (excludes halogenated alkanes) is 1. The summed E-state index contributed by atoms with van der Waals surface area (Å²) >= 11 is 0. The molecule has 0 unspecified atom stereocenters. The first kappa shape index (κ1) is 9.96. The van der Waals surface area contributed by atoms with Crippen molar-refractivity contribution in [2.24, 2.45) is 0 Å². The molecule has 13 heavy (non-hydrogen) atoms. The molecule has 3 heteroatoms. The number of nitrogens with zero attached hydrogens (tertiary/aromatic N) is 1. The Morgan fingerprint density at radius 2 is 1.92 bits per heavy atom. The second-order valence-electron chi connectivity index (χ2n) is 3.22. The number of allylic oxidation sites excluding steroid dienone is 1. The molecule has 0 aliphatic carbocycles. The van der Waals surface area contributed by atoms with Crippen molar-refractivity contribution in [3.8, 4) is 0 Å². The van der Waals surface area contributed by atoms with Crippen LogP contribution in [0.15, 0.2) is 12.7 Å². The van der Waals surface area contributed by atoms with Crippen LogP contribution in [0.1, 0.15) is 32.1 Å². The van der Waals surface area contributed by atoms with Gasteiger partial charge in [-0.15, -0.1) is 6.58 Å². The fourth-order valence-electron chi connectivity index (χ4n) is 1.44. The van der Waals surface area contributed by atoms with E-state index in [0.29, 0.717) is 19.4 Å². The smallest absolute Gasteiger partial charge is 0.229 e. The molecular weight excluding hydrogens is 166 g/mol. The maximum atomic E-state index is 11.3. The van der Waals surface area contributed by atoms with E-state index < -0.39 is 0 Å². The first-order valence-corrected chi connectivity index (χ1v) is 4.70. The lowest BCUT2D eigenvalue weighted by Gasteiger charge is -2.24. The number of hydrogen-bond donors (Lipinski definition) is 0. The van der Waals surface area contributed by atoms with Crippen LogP contribution in [0.5, 0.6) is 0 Å². The van der Waals surface area contributed by atoms with E-state index in [9.17, 15) is 9.59 Å². The van der Waals surface area contributed by atoms with Gasteiger partial charge in [-0.1, -0.05) is 6.08 Å². The zero-order valence-corrected chi connectivity index (χ0v) is 7.79. The molecule has 1 saturated heterocycles. The van der Waals surface area contributed by atoms with Crippen LogP contribution in [0, 0.1) is 0 Å². The van der Waals surface area contributed by atoms with Crippen molar-refractivity contribution in [1.29, 1.82) is 0 Å². The van der Waals surface area contributed by atoms with E-state index in [0.717, 1.165) is 19.3 Å². The second kappa shape index (κ2) is 4.80. The molecule has 1 heterocycles. The Morgan fingerprint density at radius 3 is 2.46 bits per heavy atom. The minimum absolute atomic E-state index is 0.0136. The van der Waals surface area contributed by atoms with Gasteiger partial charge in [-0.3, -0.25) is 14.5 Å². The lowest BCUT2D eigenvalue weighted by atomic mass is 10.1. The van der Waals surface area contributed by atoms with Crippen LogP contribution in [-0.2, 0) is 9.59 Å². The fourth-order valence-corrected chi connectivity index (χ4v) is 1.44. The Bertz CT molecular complexity index is 207. The number of rotatable bonds is 4. The highest BCUT2D eigenvalue weighted by molar-refractivity contribution is 5.97. The normalized spacial score (nSPS) is 17.7. The topological polar surface area (TPSA) is 37.4 Å². The summed E-state index contributed by atoms with van der Waals surface area (Å²) in [5.41, 5.74) is 0. The molecule has 1 aliphatic rings. The van der Waals surface area contributed by atoms with Gasteiger partial charge in [0.25, 0.3) is 0 Å². The molecule has 0 aromatic heterocycles. The predicted molar refractivity (Wildman–Crippen MR) is 50.0 cm³/mol. The zero-order valence-electron chi connectivity index (χ0n) is 7.79. The summed E-state index contributed by atoms with van der Waals surface area (Å²) in [7, 11) is 0. The monoisotopic (exact) mass is 181 g/mol. The number of carbonyl (C=O) groups is 2. The van der Waals surface area contributed by atoms with E-state index in [1.165, 1.54) is 4.90 Å². The molecular formula is C10H15NO2. The zero-order chi connectivity index (χ0) is 9.68. The van der Waals surface area contributed by atoms with E-state index in [4.69, 9.17) is 0 Å². The minimum Gasteiger partial charge on any atom is -0.283 e. The maximum absolute atomic E-state index is 11.3. The first-order valence-electron chi connectivity index (χ1n) is 4.70. The highest BCUT2D eigenvalue weighted by Crippen LogP contribution is 2.12. The average Bonchev–Trinajstić information content (AvgIpc) is 2.10. The van der Waals surface area contributed by atoms with E-state index in [1.807, 2.05) is 0 Å². The van der Waals surface area contributed by atoms with Crippen molar-refractivity contribution in [2.75, 3.05) is 6.54 Å². The van der Waals surface area contributed by atoms with Gasteiger partial charge in [0.2, 0.25) is 11.8 Å². The number of imide groups is 1. The van der Waals surface area contributed by atoms with E-state index in [2.05, 4.69) is 6.58 Å². The van der Waals surface area contributed by atoms with Gasteiger partial charge in [0.15, 0.2) is 0 Å². The molecule has 2 amide bonds. The largest absolute Gasteiger partial charge is 0.283 e. The Balaban J connectivity index is 2.39. The lowest BCUT2D eigenvalue weighted by molar-refractivity contribution is -0.147. The summed E-state index contributed by atoms with van der Waals surface area (Å²) in [6.07, 6.45) is 5.27. The van der Waals surface area contributed by atoms with Crippen molar-refractivity contribution in [1.82, 2.24) is 4.90 Å². The Morgan fingerprint density at radius 1 is 1.31 bits per heavy atom. The SMILES string of the molecule is C=CCCCN1C(=O)CCCC1=O. The molecule has 1 aliphatic heterocycles. The quantitative estimate of drug-likeness (QED) is 0.374. The molecule has 0 saturated carbocycles. The molecule has 0 radical (unpaired) electrons. The number of carbonyl (C=O) groups excluding carboxylic acids is 2. The van der Waals surface area contributed by atoms with Crippen molar-refractivity contribution in [2.45, 2.75) is 32.1 Å². The second-order valence-corrected chi connectivity index (χ2v) is 3.22. The molecule has 0 spiro atoms. The fraction of sp³-hybridized carbons (Fsp3) is 0.600. The summed E-state index contributed by atoms with van der Waals surface area (Å²) in [5.74, 6) is -0.0272. The molecule has 72 valence electrons. The van der Waals surface area contributed by atoms with Crippen LogP contribution in [0.25, 0.3) is 0 Å². The Labute approximate surface area is 78.4 Å². The van der Waals surface area contributed by atoms with Gasteiger partial charge >= 0.3 is 0 Å². The van der Waals surface area contributed by atoms with Crippen LogP contribution >= 0.6 is 0 Å². The molecule has 0 aromatic carbocycles. The molecule has 0 N–H and O–H groups in total. The van der Waals surface area contributed by atoms with Crippen LogP contribution in [0.2, 0.25) is 0 Å². The molecule has 3 nitrogen and oxygen atoms in total. The highest BCUT2D eigenvalue weighted by atomic mass is 16.2. The molecule has 1 rings (SSSR count). The average molecular weight is 181 g/mol. The summed E-state index contributed by atoms with van der Waals surface area (Å²) in [6.45, 7) is 4.15. The van der Waals surface area contributed by atoms with Gasteiger partial charge in [0.05, 0.1) is 0 Å². The predicted octanol–water partition coefficient (Wildman–Crippen LogP) is 1.49. The Kier molecular flexibility index (Phi) is 3.68. The highest BCUT2D eigenvalue weighted by Gasteiger charge is 2.24. The summed E-state index contributed by atoms with van der Waals surface area (Å²) < 4.78 is 0. The molecule has 0 bridgehead atoms. The van der Waals surface area contributed by atoms with Crippen molar-refractivity contribution in [3.63, 3.8) is 0 Å². The third-order valence-corrected chi connectivity index (χ3v) is 2.17. The van der Waals surface area contributed by atoms with E-state index in [-0.39, 0.29) is 11.8 Å². The summed E-state index contributed by atoms with van der Waals surface area (Å²) in [4.78, 5) is 23.9. The van der Waals surface area contributed by atoms with E-state index >= 15 is 0 Å². The first-order chi connectivity index (χ1) is 6.25. The standard InChI is InChI=1S/C10H15NO2/c1-2-3-4-8-11-9(12)6-5-7-10(11)13/h2H,1,3-8H2. The van der Waals surface area contributed by atoms with Gasteiger partial charge in [-0.25, -0.2) is 0 Å². The van der Waals surface area contributed by atoms with Crippen LogP contribution in [0.4, 0.5) is 0 Å². The summed E-state index contributed by atoms with van der Waals surface area (Å²) in [6, 6.07) is 0. The van der Waals surface area contributed by atoms with Crippen LogP contribution < -0.4 is 0 Å². The van der Waals surface area contributed by atoms with Gasteiger partial charge in [0, 0.05) is 19.4 Å². The third kappa shape index (κ3) is 2.68. The number of amides is 2. The summed E-state index contributed by atoms with van der Waals surface area (Å²) in [5, 5.41) is 0. The van der Waals surface area contributed by atoms with Gasteiger partial charge in [-0.2, -0.15) is 0 Å². The van der Waals surface area contributed by atoms with Gasteiger partial charge in [0.1, 0.15) is 0 Å². The van der Waals surface area contributed by atoms with Crippen LogP contribution in [0.3, 0.4) is 0 Å². The van der Waals surface area contributed by atoms with Crippen molar-refractivity contribution in [3.05, 3.63) is 12.7 Å². The molecule has 0 atom stereocenters. The van der Waals surface area contributed by atoms with Gasteiger partial charge in [-0.05, 0) is 19.3 Å². The minimum atomic E-state index is -0.0136. The van der Waals surface area contributed by atoms with Crippen molar-refractivity contribution >= 4 is 11.8 Å². The lowest BCUT2D eigenvalue weighted by Crippen LogP contribution is -2.40. The number of hydrogen-bond acceptors (Lipinski definition) is 2. The molecule has 1 fully saturated rings. The van der Waals surface area contributed by atoms with Gasteiger partial charge < -0.3 is 0 Å². The maximum Gasteiger partial charge on any atom is 0.229 e. The Hall–Kier alpha value is -1.12. The number of likely N-dealkylation sites (tertiary alicyclic amines) is 1. The third-order valence-electron chi connectivity index (χ3n) is 2.17. The van der Waals surface area contributed by atoms with Crippen molar-refractivity contribution < 1.29 is 9.59 Å².